The quantitative estimate of drug-likeness (QED) is 0.699. The van der Waals surface area contributed by atoms with Crippen LogP contribution in [0.1, 0.15) is 23.1 Å². The lowest BCUT2D eigenvalue weighted by Gasteiger charge is -2.09. The number of rotatable bonds is 7. The zero-order valence-electron chi connectivity index (χ0n) is 14.5. The van der Waals surface area contributed by atoms with E-state index in [2.05, 4.69) is 20.8 Å². The minimum atomic E-state index is -0.260. The second kappa shape index (κ2) is 8.11. The van der Waals surface area contributed by atoms with E-state index in [0.717, 1.165) is 11.4 Å². The van der Waals surface area contributed by atoms with Crippen LogP contribution in [0.5, 0.6) is 11.5 Å². The summed E-state index contributed by atoms with van der Waals surface area (Å²) in [6, 6.07) is 14.4. The van der Waals surface area contributed by atoms with Crippen LogP contribution in [0, 0.1) is 0 Å². The Hall–Kier alpha value is -3.42. The van der Waals surface area contributed by atoms with Gasteiger partial charge in [0.25, 0.3) is 5.91 Å². The molecule has 0 radical (unpaired) electrons. The predicted molar refractivity (Wildman–Crippen MR) is 94.5 cm³/mol. The Morgan fingerprint density at radius 2 is 1.92 bits per heavy atom. The van der Waals surface area contributed by atoms with Gasteiger partial charge in [-0.2, -0.15) is 4.68 Å². The lowest BCUT2D eigenvalue weighted by molar-refractivity contribution is 0.0946. The topological polar surface area (TPSA) is 91.2 Å². The number of para-hydroxylation sites is 1. The highest BCUT2D eigenvalue weighted by molar-refractivity contribution is 5.96. The van der Waals surface area contributed by atoms with Gasteiger partial charge in [0.2, 0.25) is 0 Å². The summed E-state index contributed by atoms with van der Waals surface area (Å²) in [4.78, 5) is 12.4. The molecule has 134 valence electrons. The molecular weight excluding hydrogens is 334 g/mol. The van der Waals surface area contributed by atoms with Crippen LogP contribution >= 0.6 is 0 Å². The van der Waals surface area contributed by atoms with Crippen molar-refractivity contribution in [3.8, 4) is 17.2 Å². The van der Waals surface area contributed by atoms with Gasteiger partial charge >= 0.3 is 0 Å². The molecule has 0 fully saturated rings. The Balaban J connectivity index is 1.72. The normalized spacial score (nSPS) is 10.4. The van der Waals surface area contributed by atoms with Crippen molar-refractivity contribution in [2.45, 2.75) is 13.5 Å². The summed E-state index contributed by atoms with van der Waals surface area (Å²) >= 11 is 0. The second-order valence-electron chi connectivity index (χ2n) is 5.32. The standard InChI is InChI=1S/C18H19N5O3/c1-3-26-14-10-8-13(9-11-14)23-17(20-21-22-23)12-19-18(24)15-6-4-5-7-16(15)25-2/h4-11H,3,12H2,1-2H3,(H,19,24). The number of nitrogens with zero attached hydrogens (tertiary/aromatic N) is 4. The van der Waals surface area contributed by atoms with E-state index in [9.17, 15) is 4.79 Å². The zero-order chi connectivity index (χ0) is 18.4. The summed E-state index contributed by atoms with van der Waals surface area (Å²) in [5.41, 5.74) is 1.23. The Morgan fingerprint density at radius 1 is 1.15 bits per heavy atom. The van der Waals surface area contributed by atoms with Crippen molar-refractivity contribution < 1.29 is 14.3 Å². The van der Waals surface area contributed by atoms with E-state index >= 15 is 0 Å². The zero-order valence-corrected chi connectivity index (χ0v) is 14.5. The molecule has 3 aromatic rings. The molecule has 0 aliphatic rings. The first-order chi connectivity index (χ1) is 12.7. The molecular formula is C18H19N5O3. The first-order valence-electron chi connectivity index (χ1n) is 8.14. The monoisotopic (exact) mass is 353 g/mol. The Morgan fingerprint density at radius 3 is 2.65 bits per heavy atom. The van der Waals surface area contributed by atoms with Crippen LogP contribution in [0.2, 0.25) is 0 Å². The lowest BCUT2D eigenvalue weighted by Crippen LogP contribution is -2.25. The molecule has 2 aromatic carbocycles. The average molecular weight is 353 g/mol. The van der Waals surface area contributed by atoms with Gasteiger partial charge in [0.1, 0.15) is 11.5 Å². The van der Waals surface area contributed by atoms with Crippen molar-refractivity contribution in [2.75, 3.05) is 13.7 Å². The van der Waals surface area contributed by atoms with E-state index in [1.807, 2.05) is 37.3 Å². The van der Waals surface area contributed by atoms with Gasteiger partial charge in [0.15, 0.2) is 5.82 Å². The minimum Gasteiger partial charge on any atom is -0.496 e. The van der Waals surface area contributed by atoms with E-state index in [-0.39, 0.29) is 12.5 Å². The first kappa shape index (κ1) is 17.4. The molecule has 1 amide bonds. The highest BCUT2D eigenvalue weighted by Crippen LogP contribution is 2.18. The van der Waals surface area contributed by atoms with E-state index in [1.165, 1.54) is 7.11 Å². The van der Waals surface area contributed by atoms with Crippen LogP contribution in [0.25, 0.3) is 5.69 Å². The highest BCUT2D eigenvalue weighted by atomic mass is 16.5. The Kier molecular flexibility index (Phi) is 5.43. The van der Waals surface area contributed by atoms with Crippen LogP contribution in [0.4, 0.5) is 0 Å². The highest BCUT2D eigenvalue weighted by Gasteiger charge is 2.14. The number of nitrogens with one attached hydrogen (secondary N) is 1. The molecule has 0 saturated carbocycles. The maximum absolute atomic E-state index is 12.4. The van der Waals surface area contributed by atoms with Crippen LogP contribution < -0.4 is 14.8 Å². The fourth-order valence-corrected chi connectivity index (χ4v) is 2.45. The largest absolute Gasteiger partial charge is 0.496 e. The van der Waals surface area contributed by atoms with Gasteiger partial charge in [-0.25, -0.2) is 0 Å². The van der Waals surface area contributed by atoms with Crippen molar-refractivity contribution in [2.24, 2.45) is 0 Å². The van der Waals surface area contributed by atoms with Gasteiger partial charge in [-0.3, -0.25) is 4.79 Å². The molecule has 0 aliphatic carbocycles. The molecule has 0 bridgehead atoms. The van der Waals surface area contributed by atoms with Crippen molar-refractivity contribution in [3.63, 3.8) is 0 Å². The van der Waals surface area contributed by atoms with Crippen LogP contribution in [-0.2, 0) is 6.54 Å². The molecule has 8 nitrogen and oxygen atoms in total. The number of ether oxygens (including phenoxy) is 2. The van der Waals surface area contributed by atoms with Crippen molar-refractivity contribution in [1.82, 2.24) is 25.5 Å². The summed E-state index contributed by atoms with van der Waals surface area (Å²) in [6.45, 7) is 2.71. The van der Waals surface area contributed by atoms with Crippen LogP contribution in [0.15, 0.2) is 48.5 Å². The SMILES string of the molecule is CCOc1ccc(-n2nnnc2CNC(=O)c2ccccc2OC)cc1. The molecule has 0 aliphatic heterocycles. The van der Waals surface area contributed by atoms with Gasteiger partial charge in [-0.1, -0.05) is 12.1 Å². The van der Waals surface area contributed by atoms with E-state index in [1.54, 1.807) is 22.9 Å². The number of carbonyl (C=O) groups is 1. The molecule has 3 rings (SSSR count). The predicted octanol–water partition coefficient (Wildman–Crippen LogP) is 2.00. The molecule has 1 N–H and O–H groups in total. The van der Waals surface area contributed by atoms with Crippen molar-refractivity contribution >= 4 is 5.91 Å². The van der Waals surface area contributed by atoms with Gasteiger partial charge in [0, 0.05) is 0 Å². The summed E-state index contributed by atoms with van der Waals surface area (Å²) in [7, 11) is 1.53. The second-order valence-corrected chi connectivity index (χ2v) is 5.32. The minimum absolute atomic E-state index is 0.178. The average Bonchev–Trinajstić information content (AvgIpc) is 3.15. The van der Waals surface area contributed by atoms with Gasteiger partial charge < -0.3 is 14.8 Å². The summed E-state index contributed by atoms with van der Waals surface area (Å²) < 4.78 is 12.2. The third-order valence-corrected chi connectivity index (χ3v) is 3.69. The fourth-order valence-electron chi connectivity index (χ4n) is 2.45. The van der Waals surface area contributed by atoms with E-state index in [4.69, 9.17) is 9.47 Å². The summed E-state index contributed by atoms with van der Waals surface area (Å²) in [5, 5.41) is 14.5. The van der Waals surface area contributed by atoms with Crippen LogP contribution in [-0.4, -0.2) is 39.8 Å². The Bertz CT molecular complexity index is 877. The van der Waals surface area contributed by atoms with Gasteiger partial charge in [0.05, 0.1) is 31.5 Å². The number of hydrogen-bond donors (Lipinski definition) is 1. The van der Waals surface area contributed by atoms with Gasteiger partial charge in [-0.15, -0.1) is 5.10 Å². The number of tetrazole rings is 1. The molecule has 26 heavy (non-hydrogen) atoms. The molecule has 1 aromatic heterocycles. The number of hydrogen-bond acceptors (Lipinski definition) is 6. The lowest BCUT2D eigenvalue weighted by atomic mass is 10.2. The van der Waals surface area contributed by atoms with E-state index in [0.29, 0.717) is 23.7 Å². The molecule has 0 spiro atoms. The maximum atomic E-state index is 12.4. The molecule has 0 atom stereocenters. The number of aromatic nitrogens is 4. The molecule has 0 unspecified atom stereocenters. The smallest absolute Gasteiger partial charge is 0.255 e. The number of amides is 1. The molecule has 0 saturated heterocycles. The fraction of sp³-hybridized carbons (Fsp3) is 0.222. The number of carbonyl (C=O) groups excluding carboxylic acids is 1. The van der Waals surface area contributed by atoms with Crippen molar-refractivity contribution in [1.29, 1.82) is 0 Å². The third-order valence-electron chi connectivity index (χ3n) is 3.69. The van der Waals surface area contributed by atoms with Gasteiger partial charge in [-0.05, 0) is 53.7 Å². The first-order valence-corrected chi connectivity index (χ1v) is 8.14. The Labute approximate surface area is 150 Å². The number of methoxy groups -OCH3 is 1. The molecule has 8 heteroatoms. The van der Waals surface area contributed by atoms with Crippen LogP contribution in [0.3, 0.4) is 0 Å². The van der Waals surface area contributed by atoms with Crippen molar-refractivity contribution in [3.05, 3.63) is 59.9 Å². The maximum Gasteiger partial charge on any atom is 0.255 e. The third kappa shape index (κ3) is 3.80. The summed E-state index contributed by atoms with van der Waals surface area (Å²) in [6.07, 6.45) is 0. The van der Waals surface area contributed by atoms with E-state index < -0.39 is 0 Å². The summed E-state index contributed by atoms with van der Waals surface area (Å²) in [5.74, 6) is 1.53. The number of benzene rings is 2. The molecule has 1 heterocycles.